The van der Waals surface area contributed by atoms with Gasteiger partial charge in [0.2, 0.25) is 0 Å². The number of hydrogen-bond acceptors (Lipinski definition) is 7. The van der Waals surface area contributed by atoms with Gasteiger partial charge in [0.1, 0.15) is 12.5 Å². The number of ketones is 1. The third-order valence-corrected chi connectivity index (χ3v) is 7.33. The van der Waals surface area contributed by atoms with Crippen LogP contribution in [0.25, 0.3) is 0 Å². The number of hydrogen-bond donors (Lipinski definition) is 1. The van der Waals surface area contributed by atoms with E-state index in [1.54, 1.807) is 36.9 Å². The zero-order valence-electron chi connectivity index (χ0n) is 19.0. The number of dihydropyridines is 1. The first-order valence-corrected chi connectivity index (χ1v) is 12.6. The van der Waals surface area contributed by atoms with Crippen LogP contribution in [0.5, 0.6) is 0 Å². The summed E-state index contributed by atoms with van der Waals surface area (Å²) in [6.45, 7) is 5.89. The Hall–Kier alpha value is -1.96. The maximum Gasteiger partial charge on any atom is 0.336 e. The van der Waals surface area contributed by atoms with E-state index in [1.807, 2.05) is 13.8 Å². The minimum Gasteiger partial charge on any atom is -0.468 e. The number of rotatable bonds is 7. The number of nitrogens with one attached hydrogen (secondary N) is 1. The van der Waals surface area contributed by atoms with Gasteiger partial charge < -0.3 is 14.8 Å². The van der Waals surface area contributed by atoms with Crippen molar-refractivity contribution in [2.45, 2.75) is 33.1 Å². The summed E-state index contributed by atoms with van der Waals surface area (Å²) < 4.78 is 10.5. The molecular weight excluding hydrogens is 485 g/mol. The minimum absolute atomic E-state index is 0.247. The number of methoxy groups -OCH3 is 1. The average Bonchev–Trinajstić information content (AvgIpc) is 2.75. The third-order valence-electron chi connectivity index (χ3n) is 5.90. The molecule has 1 aromatic rings. The Balaban J connectivity index is 2.11. The molecule has 0 unspecified atom stereocenters. The number of benzene rings is 1. The Bertz CT molecular complexity index is 1040. The second kappa shape index (κ2) is 11.0. The van der Waals surface area contributed by atoms with Gasteiger partial charge in [0, 0.05) is 38.7 Å². The summed E-state index contributed by atoms with van der Waals surface area (Å²) in [6, 6.07) is 4.94. The summed E-state index contributed by atoms with van der Waals surface area (Å²) in [4.78, 5) is 39.4. The maximum absolute atomic E-state index is 13.7. The van der Waals surface area contributed by atoms with Gasteiger partial charge in [0.15, 0.2) is 5.78 Å². The molecule has 0 saturated heterocycles. The second-order valence-electron chi connectivity index (χ2n) is 8.03. The van der Waals surface area contributed by atoms with E-state index in [2.05, 4.69) is 5.32 Å². The molecule has 2 aliphatic rings. The highest BCUT2D eigenvalue weighted by Crippen LogP contribution is 2.47. The fourth-order valence-electron chi connectivity index (χ4n) is 4.41. The molecule has 9 heteroatoms. The Kier molecular flexibility index (Phi) is 8.54. The summed E-state index contributed by atoms with van der Waals surface area (Å²) in [7, 11) is 1.26. The van der Waals surface area contributed by atoms with Gasteiger partial charge in [-0.15, -0.1) is 0 Å². The van der Waals surface area contributed by atoms with Crippen LogP contribution in [0.2, 0.25) is 10.0 Å². The first kappa shape index (κ1) is 25.7. The van der Waals surface area contributed by atoms with E-state index in [9.17, 15) is 14.4 Å². The number of Topliss-reactive ketones (excluding diaryl/α,β-unsaturated/α-hetero) is 1. The van der Waals surface area contributed by atoms with E-state index >= 15 is 0 Å². The molecule has 0 aromatic heterocycles. The Morgan fingerprint density at radius 1 is 1.27 bits per heavy atom. The standard InChI is InChI=1S/C24H27Cl2NO5S/c1-5-33-9-8-32-24(30)19-13(3)27-17-10-12(2)18(23(29)31-4)22(28)21(17)20(19)15-7-6-14(25)11-16(15)26/h6-7,11-12,18,20,27H,5,8-10H2,1-4H3/t12-,18-,20+/m0/s1. The van der Waals surface area contributed by atoms with Crippen LogP contribution in [-0.4, -0.2) is 42.9 Å². The lowest BCUT2D eigenvalue weighted by Crippen LogP contribution is -2.43. The first-order valence-electron chi connectivity index (χ1n) is 10.7. The van der Waals surface area contributed by atoms with Crippen molar-refractivity contribution < 1.29 is 23.9 Å². The van der Waals surface area contributed by atoms with Gasteiger partial charge in [-0.1, -0.05) is 43.1 Å². The van der Waals surface area contributed by atoms with E-state index in [-0.39, 0.29) is 18.3 Å². The van der Waals surface area contributed by atoms with Crippen molar-refractivity contribution in [3.8, 4) is 0 Å². The van der Waals surface area contributed by atoms with Gasteiger partial charge in [0.05, 0.1) is 12.7 Å². The number of carbonyl (C=O) groups excluding carboxylic acids is 3. The highest BCUT2D eigenvalue weighted by Gasteiger charge is 2.47. The third kappa shape index (κ3) is 5.26. The molecule has 0 amide bonds. The fraction of sp³-hybridized carbons (Fsp3) is 0.458. The van der Waals surface area contributed by atoms with Crippen LogP contribution >= 0.6 is 35.0 Å². The van der Waals surface area contributed by atoms with E-state index in [0.717, 1.165) is 5.75 Å². The number of esters is 2. The Morgan fingerprint density at radius 2 is 2.00 bits per heavy atom. The van der Waals surface area contributed by atoms with Gasteiger partial charge in [-0.05, 0) is 42.7 Å². The average molecular weight is 512 g/mol. The Morgan fingerprint density at radius 3 is 2.64 bits per heavy atom. The lowest BCUT2D eigenvalue weighted by molar-refractivity contribution is -0.151. The molecule has 0 spiro atoms. The highest BCUT2D eigenvalue weighted by atomic mass is 35.5. The zero-order chi connectivity index (χ0) is 24.3. The monoisotopic (exact) mass is 511 g/mol. The largest absolute Gasteiger partial charge is 0.468 e. The topological polar surface area (TPSA) is 81.7 Å². The van der Waals surface area contributed by atoms with E-state index in [0.29, 0.717) is 50.3 Å². The van der Waals surface area contributed by atoms with Gasteiger partial charge in [-0.3, -0.25) is 9.59 Å². The van der Waals surface area contributed by atoms with Gasteiger partial charge in [-0.2, -0.15) is 11.8 Å². The van der Waals surface area contributed by atoms with Crippen molar-refractivity contribution in [3.63, 3.8) is 0 Å². The predicted molar refractivity (Wildman–Crippen MR) is 130 cm³/mol. The molecule has 1 heterocycles. The van der Waals surface area contributed by atoms with Crippen molar-refractivity contribution in [1.29, 1.82) is 0 Å². The minimum atomic E-state index is -0.958. The van der Waals surface area contributed by atoms with Crippen LogP contribution in [0.15, 0.2) is 40.7 Å². The maximum atomic E-state index is 13.7. The van der Waals surface area contributed by atoms with Gasteiger partial charge in [0.25, 0.3) is 0 Å². The highest BCUT2D eigenvalue weighted by molar-refractivity contribution is 7.99. The molecule has 0 radical (unpaired) electrons. The van der Waals surface area contributed by atoms with E-state index < -0.39 is 23.8 Å². The molecule has 33 heavy (non-hydrogen) atoms. The molecule has 0 bridgehead atoms. The van der Waals surface area contributed by atoms with Crippen LogP contribution in [0.4, 0.5) is 0 Å². The molecule has 0 fully saturated rings. The van der Waals surface area contributed by atoms with E-state index in [4.69, 9.17) is 32.7 Å². The van der Waals surface area contributed by atoms with Crippen LogP contribution in [0, 0.1) is 11.8 Å². The predicted octanol–water partition coefficient (Wildman–Crippen LogP) is 4.90. The molecule has 3 rings (SSSR count). The normalized spacial score (nSPS) is 22.6. The summed E-state index contributed by atoms with van der Waals surface area (Å²) in [5.74, 6) is -1.91. The van der Waals surface area contributed by atoms with Crippen LogP contribution < -0.4 is 5.32 Å². The molecule has 3 atom stereocenters. The molecule has 0 saturated carbocycles. The molecule has 1 aliphatic carbocycles. The molecule has 1 N–H and O–H groups in total. The summed E-state index contributed by atoms with van der Waals surface area (Å²) in [5.41, 5.74) is 2.46. The lowest BCUT2D eigenvalue weighted by Gasteiger charge is -2.38. The number of ether oxygens (including phenoxy) is 2. The van der Waals surface area contributed by atoms with Crippen molar-refractivity contribution in [2.75, 3.05) is 25.2 Å². The Labute approximate surface area is 208 Å². The van der Waals surface area contributed by atoms with Crippen LogP contribution in [-0.2, 0) is 23.9 Å². The van der Waals surface area contributed by atoms with Crippen molar-refractivity contribution >= 4 is 52.7 Å². The SMILES string of the molecule is CCSCCOC(=O)C1=C(C)NC2=C(C(=O)[C@@H](C(=O)OC)[C@@H](C)C2)[C@@H]1c1ccc(Cl)cc1Cl. The van der Waals surface area contributed by atoms with Crippen LogP contribution in [0.3, 0.4) is 0 Å². The molecule has 178 valence electrons. The van der Waals surface area contributed by atoms with Crippen molar-refractivity contribution in [3.05, 3.63) is 56.3 Å². The van der Waals surface area contributed by atoms with Crippen molar-refractivity contribution in [1.82, 2.24) is 5.32 Å². The first-order chi connectivity index (χ1) is 15.7. The van der Waals surface area contributed by atoms with Crippen LogP contribution in [0.1, 0.15) is 38.7 Å². The number of halogens is 2. The van der Waals surface area contributed by atoms with Gasteiger partial charge in [-0.25, -0.2) is 4.79 Å². The van der Waals surface area contributed by atoms with E-state index in [1.165, 1.54) is 7.11 Å². The quantitative estimate of drug-likeness (QED) is 0.316. The number of carbonyl (C=O) groups is 3. The lowest BCUT2D eigenvalue weighted by atomic mass is 9.69. The second-order valence-corrected chi connectivity index (χ2v) is 10.3. The molecular formula is C24H27Cl2NO5S. The smallest absolute Gasteiger partial charge is 0.336 e. The van der Waals surface area contributed by atoms with Crippen molar-refractivity contribution in [2.24, 2.45) is 11.8 Å². The van der Waals surface area contributed by atoms with Gasteiger partial charge >= 0.3 is 11.9 Å². The molecule has 1 aromatic carbocycles. The fourth-order valence-corrected chi connectivity index (χ4v) is 5.42. The molecule has 1 aliphatic heterocycles. The summed E-state index contributed by atoms with van der Waals surface area (Å²) >= 11 is 14.3. The summed E-state index contributed by atoms with van der Waals surface area (Å²) in [6.07, 6.45) is 0.454. The zero-order valence-corrected chi connectivity index (χ0v) is 21.3. The number of allylic oxidation sites excluding steroid dienone is 3. The summed E-state index contributed by atoms with van der Waals surface area (Å²) in [5, 5.41) is 3.99. The molecule has 6 nitrogen and oxygen atoms in total. The number of thioether (sulfide) groups is 1.